The summed E-state index contributed by atoms with van der Waals surface area (Å²) in [6.45, 7) is 0. The number of fused-ring (bicyclic) bond motifs is 4. The first kappa shape index (κ1) is 44.0. The Labute approximate surface area is 437 Å². The lowest BCUT2D eigenvalue weighted by Crippen LogP contribution is -2.16. The Bertz CT molecular complexity index is 3670. The monoisotopic (exact) mass is 980 g/mol. The SMILES string of the molecule is c1ccc(-c2nc(-c3cccnc3)cc(-c3cc(-c4cc(-c5cc(-c6cccnc6)nc(-c6ccccn6)n5)cc(N5c6ccccc6Oc6ccccc65)c4)cc(N4c5ccccc5Oc5ccccc54)c3)n2)nc1. The van der Waals surface area contributed by atoms with Crippen LogP contribution in [-0.2, 0) is 0 Å². The Balaban J connectivity index is 1.05. The number of para-hydroxylation sites is 8. The van der Waals surface area contributed by atoms with Gasteiger partial charge in [0.25, 0.3) is 0 Å². The second kappa shape index (κ2) is 18.7. The molecule has 0 N–H and O–H groups in total. The van der Waals surface area contributed by atoms with E-state index in [2.05, 4.69) is 80.4 Å². The maximum Gasteiger partial charge on any atom is 0.179 e. The fraction of sp³-hybridized carbons (Fsp3) is 0. The molecule has 6 aromatic heterocycles. The van der Waals surface area contributed by atoms with Gasteiger partial charge in [-0.2, -0.15) is 0 Å². The van der Waals surface area contributed by atoms with E-state index in [1.165, 1.54) is 0 Å². The average Bonchev–Trinajstić information content (AvgIpc) is 3.55. The van der Waals surface area contributed by atoms with Crippen molar-refractivity contribution in [2.24, 2.45) is 0 Å². The van der Waals surface area contributed by atoms with E-state index in [0.29, 0.717) is 45.8 Å². The summed E-state index contributed by atoms with van der Waals surface area (Å²) in [7, 11) is 0. The number of hydrogen-bond acceptors (Lipinski definition) is 12. The van der Waals surface area contributed by atoms with Crippen molar-refractivity contribution in [1.29, 1.82) is 0 Å². The number of rotatable bonds is 9. The predicted molar refractivity (Wildman–Crippen MR) is 296 cm³/mol. The van der Waals surface area contributed by atoms with Gasteiger partial charge in [0.05, 0.1) is 45.5 Å². The summed E-state index contributed by atoms with van der Waals surface area (Å²) in [5.74, 6) is 3.90. The fourth-order valence-electron chi connectivity index (χ4n) is 9.81. The van der Waals surface area contributed by atoms with Crippen molar-refractivity contribution in [3.05, 3.63) is 243 Å². The van der Waals surface area contributed by atoms with E-state index in [-0.39, 0.29) is 0 Å². The molecule has 12 heteroatoms. The highest BCUT2D eigenvalue weighted by atomic mass is 16.5. The molecule has 12 nitrogen and oxygen atoms in total. The molecule has 14 rings (SSSR count). The third-order valence-electron chi connectivity index (χ3n) is 13.3. The Morgan fingerprint density at radius 1 is 0.276 bits per heavy atom. The summed E-state index contributed by atoms with van der Waals surface area (Å²) in [6, 6.07) is 69.1. The molecule has 0 saturated carbocycles. The van der Waals surface area contributed by atoms with Crippen LogP contribution in [0.5, 0.6) is 23.0 Å². The molecule has 0 spiro atoms. The van der Waals surface area contributed by atoms with Crippen LogP contribution in [0.3, 0.4) is 0 Å². The van der Waals surface area contributed by atoms with Crippen molar-refractivity contribution >= 4 is 34.1 Å². The van der Waals surface area contributed by atoms with Gasteiger partial charge in [-0.1, -0.05) is 60.7 Å². The molecule has 0 fully saturated rings. The van der Waals surface area contributed by atoms with E-state index in [0.717, 1.165) is 90.5 Å². The predicted octanol–water partition coefficient (Wildman–Crippen LogP) is 15.7. The number of pyridine rings is 4. The number of benzene rings is 6. The second-order valence-corrected chi connectivity index (χ2v) is 18.1. The van der Waals surface area contributed by atoms with Gasteiger partial charge in [-0.15, -0.1) is 0 Å². The van der Waals surface area contributed by atoms with Gasteiger partial charge < -0.3 is 19.3 Å². The normalized spacial score (nSPS) is 12.1. The Morgan fingerprint density at radius 2 is 0.632 bits per heavy atom. The Kier molecular flexibility index (Phi) is 10.8. The molecule has 0 unspecified atom stereocenters. The first-order chi connectivity index (χ1) is 37.6. The highest BCUT2D eigenvalue weighted by molar-refractivity contribution is 5.94. The van der Waals surface area contributed by atoms with E-state index < -0.39 is 0 Å². The van der Waals surface area contributed by atoms with Crippen molar-refractivity contribution in [3.8, 4) is 102 Å². The molecule has 0 bridgehead atoms. The maximum atomic E-state index is 6.57. The molecule has 76 heavy (non-hydrogen) atoms. The number of anilines is 6. The minimum absolute atomic E-state index is 0.483. The molecule has 0 radical (unpaired) electrons. The Hall–Kier alpha value is -10.7. The van der Waals surface area contributed by atoms with Crippen molar-refractivity contribution in [1.82, 2.24) is 39.9 Å². The minimum atomic E-state index is 0.483. The molecule has 8 heterocycles. The molecular formula is C64H40N10O2. The summed E-state index contributed by atoms with van der Waals surface area (Å²) in [6.07, 6.45) is 10.7. The highest BCUT2D eigenvalue weighted by Crippen LogP contribution is 2.54. The van der Waals surface area contributed by atoms with Crippen LogP contribution in [0.15, 0.2) is 243 Å². The lowest BCUT2D eigenvalue weighted by Gasteiger charge is -2.34. The molecule has 0 amide bonds. The van der Waals surface area contributed by atoms with Crippen LogP contribution in [0.1, 0.15) is 0 Å². The number of aromatic nitrogens is 8. The van der Waals surface area contributed by atoms with Crippen LogP contribution in [0.2, 0.25) is 0 Å². The zero-order chi connectivity index (χ0) is 50.4. The van der Waals surface area contributed by atoms with Gasteiger partial charge >= 0.3 is 0 Å². The summed E-state index contributed by atoms with van der Waals surface area (Å²) >= 11 is 0. The zero-order valence-corrected chi connectivity index (χ0v) is 40.4. The third kappa shape index (κ3) is 8.17. The van der Waals surface area contributed by atoms with Crippen LogP contribution >= 0.6 is 0 Å². The van der Waals surface area contributed by atoms with Gasteiger partial charge in [0, 0.05) is 70.8 Å². The van der Waals surface area contributed by atoms with Crippen LogP contribution in [0.25, 0.3) is 79.2 Å². The molecule has 12 aromatic rings. The lowest BCUT2D eigenvalue weighted by molar-refractivity contribution is 0.476. The summed E-state index contributed by atoms with van der Waals surface area (Å²) in [5.41, 5.74) is 14.6. The molecule has 2 aliphatic rings. The maximum absolute atomic E-state index is 6.57. The number of nitrogens with zero attached hydrogens (tertiary/aromatic N) is 10. The Morgan fingerprint density at radius 3 is 0.987 bits per heavy atom. The molecule has 358 valence electrons. The van der Waals surface area contributed by atoms with E-state index in [1.807, 2.05) is 158 Å². The van der Waals surface area contributed by atoms with E-state index in [1.54, 1.807) is 24.8 Å². The van der Waals surface area contributed by atoms with Crippen molar-refractivity contribution in [3.63, 3.8) is 0 Å². The molecule has 6 aromatic carbocycles. The van der Waals surface area contributed by atoms with Gasteiger partial charge in [-0.05, 0) is 157 Å². The first-order valence-corrected chi connectivity index (χ1v) is 24.7. The smallest absolute Gasteiger partial charge is 0.179 e. The van der Waals surface area contributed by atoms with E-state index >= 15 is 0 Å². The van der Waals surface area contributed by atoms with Gasteiger partial charge in [0.15, 0.2) is 34.6 Å². The summed E-state index contributed by atoms with van der Waals surface area (Å²) in [5, 5.41) is 0. The third-order valence-corrected chi connectivity index (χ3v) is 13.3. The van der Waals surface area contributed by atoms with Crippen LogP contribution in [-0.4, -0.2) is 39.9 Å². The van der Waals surface area contributed by atoms with Crippen LogP contribution < -0.4 is 19.3 Å². The number of hydrogen-bond donors (Lipinski definition) is 0. The molecule has 0 saturated heterocycles. The topological polar surface area (TPSA) is 128 Å². The quantitative estimate of drug-likeness (QED) is 0.137. The first-order valence-electron chi connectivity index (χ1n) is 24.7. The van der Waals surface area contributed by atoms with E-state index in [9.17, 15) is 0 Å². The van der Waals surface area contributed by atoms with Gasteiger partial charge in [-0.25, -0.2) is 19.9 Å². The molecule has 2 aliphatic heterocycles. The minimum Gasteiger partial charge on any atom is -0.453 e. The van der Waals surface area contributed by atoms with Crippen molar-refractivity contribution < 1.29 is 9.47 Å². The molecular weight excluding hydrogens is 941 g/mol. The van der Waals surface area contributed by atoms with Crippen molar-refractivity contribution in [2.45, 2.75) is 0 Å². The lowest BCUT2D eigenvalue weighted by atomic mass is 9.95. The molecule has 0 aliphatic carbocycles. The van der Waals surface area contributed by atoms with Crippen LogP contribution in [0, 0.1) is 0 Å². The molecule has 0 atom stereocenters. The zero-order valence-electron chi connectivity index (χ0n) is 40.4. The largest absolute Gasteiger partial charge is 0.453 e. The van der Waals surface area contributed by atoms with Gasteiger partial charge in [-0.3, -0.25) is 19.9 Å². The fourth-order valence-corrected chi connectivity index (χ4v) is 9.81. The summed E-state index contributed by atoms with van der Waals surface area (Å²) < 4.78 is 13.1. The van der Waals surface area contributed by atoms with Gasteiger partial charge in [0.1, 0.15) is 11.4 Å². The van der Waals surface area contributed by atoms with Crippen LogP contribution in [0.4, 0.5) is 34.1 Å². The average molecular weight is 981 g/mol. The standard InChI is InChI=1S/C64H40N10O2/c1-5-23-59-55(19-1)73(56-20-2-6-24-60(56)75-59)47-33-43(31-45(35-47)53-37-51(41-15-13-27-65-39-41)69-63(71-53)49-17-9-11-29-67-49)44-32-46(36-48(34-44)74-57-21-3-7-25-61(57)76-62-26-8-4-22-58(62)74)54-38-52(42-16-14-28-66-40-42)70-64(72-54)50-18-10-12-30-68-50/h1-40H. The highest BCUT2D eigenvalue weighted by Gasteiger charge is 2.29. The number of ether oxygens (including phenoxy) is 2. The summed E-state index contributed by atoms with van der Waals surface area (Å²) in [4.78, 5) is 43.6. The van der Waals surface area contributed by atoms with E-state index in [4.69, 9.17) is 39.4 Å². The van der Waals surface area contributed by atoms with Crippen molar-refractivity contribution in [2.75, 3.05) is 9.80 Å². The van der Waals surface area contributed by atoms with Gasteiger partial charge in [0.2, 0.25) is 0 Å². The second-order valence-electron chi connectivity index (χ2n) is 18.1.